The van der Waals surface area contributed by atoms with E-state index < -0.39 is 10.0 Å². The molecule has 2 aromatic rings. The number of nitrogens with one attached hydrogen (secondary N) is 1. The van der Waals surface area contributed by atoms with Crippen molar-refractivity contribution in [1.82, 2.24) is 5.32 Å². The Morgan fingerprint density at radius 1 is 1.08 bits per heavy atom. The summed E-state index contributed by atoms with van der Waals surface area (Å²) in [5.74, 6) is -0.344. The quantitative estimate of drug-likeness (QED) is 0.784. The molecule has 1 amide bonds. The average molecular weight is 395 g/mol. The van der Waals surface area contributed by atoms with E-state index in [0.717, 1.165) is 27.3 Å². The van der Waals surface area contributed by atoms with Gasteiger partial charge < -0.3 is 5.32 Å². The van der Waals surface area contributed by atoms with Crippen molar-refractivity contribution in [3.8, 4) is 0 Å². The van der Waals surface area contributed by atoms with Crippen LogP contribution in [-0.4, -0.2) is 33.7 Å². The molecule has 0 aliphatic carbocycles. The number of hydrogen-bond donors (Lipinski definition) is 1. The van der Waals surface area contributed by atoms with Crippen LogP contribution < -0.4 is 9.62 Å². The summed E-state index contributed by atoms with van der Waals surface area (Å²) in [4.78, 5) is 12.2. The van der Waals surface area contributed by atoms with E-state index in [1.165, 1.54) is 0 Å². The SMILES string of the molecule is Cc1cc(C)cc(N(CC(=O)NCCc2ccc(Cl)cc2)S(C)(=O)=O)c1. The standard InChI is InChI=1S/C19H23ClN2O3S/c1-14-10-15(2)12-18(11-14)22(26(3,24)25)13-19(23)21-9-8-16-4-6-17(20)7-5-16/h4-7,10-12H,8-9,13H2,1-3H3,(H,21,23). The number of rotatable bonds is 7. The Kier molecular flexibility index (Phi) is 6.67. The number of sulfonamides is 1. The van der Waals surface area contributed by atoms with Crippen molar-refractivity contribution in [2.75, 3.05) is 23.7 Å². The Balaban J connectivity index is 2.01. The van der Waals surface area contributed by atoms with Crippen LogP contribution >= 0.6 is 11.6 Å². The fourth-order valence-corrected chi connectivity index (χ4v) is 3.64. The number of anilines is 1. The van der Waals surface area contributed by atoms with Crippen LogP contribution in [-0.2, 0) is 21.2 Å². The number of benzene rings is 2. The van der Waals surface area contributed by atoms with E-state index in [1.807, 2.05) is 32.0 Å². The fraction of sp³-hybridized carbons (Fsp3) is 0.316. The minimum Gasteiger partial charge on any atom is -0.354 e. The van der Waals surface area contributed by atoms with E-state index in [0.29, 0.717) is 23.7 Å². The largest absolute Gasteiger partial charge is 0.354 e. The van der Waals surface area contributed by atoms with Crippen LogP contribution in [0, 0.1) is 13.8 Å². The Morgan fingerprint density at radius 2 is 1.65 bits per heavy atom. The molecule has 2 aromatic carbocycles. The Morgan fingerprint density at radius 3 is 2.19 bits per heavy atom. The van der Waals surface area contributed by atoms with Gasteiger partial charge in [-0.05, 0) is 61.2 Å². The lowest BCUT2D eigenvalue weighted by Crippen LogP contribution is -2.41. The van der Waals surface area contributed by atoms with E-state index in [1.54, 1.807) is 24.3 Å². The number of nitrogens with zero attached hydrogens (tertiary/aromatic N) is 1. The summed E-state index contributed by atoms with van der Waals surface area (Å²) in [7, 11) is -3.57. The van der Waals surface area contributed by atoms with E-state index >= 15 is 0 Å². The molecule has 0 unspecified atom stereocenters. The van der Waals surface area contributed by atoms with Gasteiger partial charge in [-0.2, -0.15) is 0 Å². The van der Waals surface area contributed by atoms with Crippen molar-refractivity contribution in [3.63, 3.8) is 0 Å². The topological polar surface area (TPSA) is 66.5 Å². The van der Waals surface area contributed by atoms with Crippen molar-refractivity contribution >= 4 is 33.2 Å². The first-order valence-corrected chi connectivity index (χ1v) is 10.4. The second-order valence-electron chi connectivity index (χ2n) is 6.34. The molecule has 140 valence electrons. The predicted octanol–water partition coefficient (Wildman–Crippen LogP) is 3.08. The number of carbonyl (C=O) groups is 1. The monoisotopic (exact) mass is 394 g/mol. The first-order valence-electron chi connectivity index (χ1n) is 8.22. The molecule has 0 saturated carbocycles. The first kappa shape index (κ1) is 20.3. The summed E-state index contributed by atoms with van der Waals surface area (Å²) in [5, 5.41) is 3.43. The number of amides is 1. The Hall–Kier alpha value is -2.05. The third-order valence-corrected chi connectivity index (χ3v) is 5.22. The van der Waals surface area contributed by atoms with Crippen molar-refractivity contribution in [1.29, 1.82) is 0 Å². The summed E-state index contributed by atoms with van der Waals surface area (Å²) in [6.45, 7) is 3.96. The molecule has 0 aliphatic heterocycles. The third kappa shape index (κ3) is 6.04. The Bertz CT molecular complexity index is 860. The maximum Gasteiger partial charge on any atom is 0.240 e. The molecule has 0 radical (unpaired) electrons. The molecule has 0 spiro atoms. The highest BCUT2D eigenvalue weighted by molar-refractivity contribution is 7.92. The maximum atomic E-state index is 12.2. The first-order chi connectivity index (χ1) is 12.1. The van der Waals surface area contributed by atoms with Gasteiger partial charge in [0.1, 0.15) is 6.54 Å². The molecule has 0 aromatic heterocycles. The van der Waals surface area contributed by atoms with E-state index in [2.05, 4.69) is 5.32 Å². The summed E-state index contributed by atoms with van der Waals surface area (Å²) >= 11 is 5.84. The van der Waals surface area contributed by atoms with E-state index in [4.69, 9.17) is 11.6 Å². The van der Waals surface area contributed by atoms with Gasteiger partial charge in [0.25, 0.3) is 0 Å². The third-order valence-electron chi connectivity index (χ3n) is 3.83. The van der Waals surface area contributed by atoms with Crippen molar-refractivity contribution in [3.05, 3.63) is 64.2 Å². The van der Waals surface area contributed by atoms with Crippen LogP contribution in [0.1, 0.15) is 16.7 Å². The van der Waals surface area contributed by atoms with Gasteiger partial charge in [0.2, 0.25) is 15.9 Å². The van der Waals surface area contributed by atoms with Crippen molar-refractivity contribution in [2.45, 2.75) is 20.3 Å². The van der Waals surface area contributed by atoms with Crippen LogP contribution in [0.25, 0.3) is 0 Å². The minimum absolute atomic E-state index is 0.248. The molecule has 7 heteroatoms. The van der Waals surface area contributed by atoms with Crippen LogP contribution in [0.3, 0.4) is 0 Å². The van der Waals surface area contributed by atoms with Crippen molar-refractivity contribution < 1.29 is 13.2 Å². The number of aryl methyl sites for hydroxylation is 2. The summed E-state index contributed by atoms with van der Waals surface area (Å²) < 4.78 is 25.4. The lowest BCUT2D eigenvalue weighted by molar-refractivity contribution is -0.119. The van der Waals surface area contributed by atoms with Crippen molar-refractivity contribution in [2.24, 2.45) is 0 Å². The molecule has 5 nitrogen and oxygen atoms in total. The zero-order valence-electron chi connectivity index (χ0n) is 15.1. The lowest BCUT2D eigenvalue weighted by Gasteiger charge is -2.22. The van der Waals surface area contributed by atoms with Crippen LogP contribution in [0.4, 0.5) is 5.69 Å². The van der Waals surface area contributed by atoms with Gasteiger partial charge in [0.15, 0.2) is 0 Å². The van der Waals surface area contributed by atoms with Crippen LogP contribution in [0.2, 0.25) is 5.02 Å². The Labute approximate surface area is 160 Å². The summed E-state index contributed by atoms with van der Waals surface area (Å²) in [6.07, 6.45) is 1.75. The molecule has 2 rings (SSSR count). The minimum atomic E-state index is -3.57. The highest BCUT2D eigenvalue weighted by atomic mass is 35.5. The van der Waals surface area contributed by atoms with Gasteiger partial charge in [-0.15, -0.1) is 0 Å². The molecule has 0 fully saturated rings. The molecular formula is C19H23ClN2O3S. The zero-order valence-corrected chi connectivity index (χ0v) is 16.7. The van der Waals surface area contributed by atoms with E-state index in [9.17, 15) is 13.2 Å². The molecule has 0 heterocycles. The lowest BCUT2D eigenvalue weighted by atomic mass is 10.1. The molecule has 1 N–H and O–H groups in total. The second-order valence-corrected chi connectivity index (χ2v) is 8.69. The van der Waals surface area contributed by atoms with Gasteiger partial charge in [-0.25, -0.2) is 8.42 Å². The molecule has 0 atom stereocenters. The van der Waals surface area contributed by atoms with E-state index in [-0.39, 0.29) is 12.5 Å². The fourth-order valence-electron chi connectivity index (χ4n) is 2.68. The number of halogens is 1. The average Bonchev–Trinajstić information content (AvgIpc) is 2.52. The van der Waals surface area contributed by atoms with Gasteiger partial charge in [-0.3, -0.25) is 9.10 Å². The van der Waals surface area contributed by atoms with Crippen LogP contribution in [0.15, 0.2) is 42.5 Å². The van der Waals surface area contributed by atoms with Crippen LogP contribution in [0.5, 0.6) is 0 Å². The normalized spacial score (nSPS) is 11.2. The number of hydrogen-bond acceptors (Lipinski definition) is 3. The predicted molar refractivity (Wildman–Crippen MR) is 106 cm³/mol. The smallest absolute Gasteiger partial charge is 0.240 e. The summed E-state index contributed by atoms with van der Waals surface area (Å²) in [6, 6.07) is 12.9. The molecule has 0 aliphatic rings. The van der Waals surface area contributed by atoms with Gasteiger partial charge in [0, 0.05) is 11.6 Å². The highest BCUT2D eigenvalue weighted by Gasteiger charge is 2.21. The van der Waals surface area contributed by atoms with Gasteiger partial charge >= 0.3 is 0 Å². The van der Waals surface area contributed by atoms with Gasteiger partial charge in [-0.1, -0.05) is 29.8 Å². The zero-order chi connectivity index (χ0) is 19.3. The maximum absolute atomic E-state index is 12.2. The summed E-state index contributed by atoms with van der Waals surface area (Å²) in [5.41, 5.74) is 3.43. The molecular weight excluding hydrogens is 372 g/mol. The van der Waals surface area contributed by atoms with Gasteiger partial charge in [0.05, 0.1) is 11.9 Å². The molecule has 26 heavy (non-hydrogen) atoms. The molecule has 0 bridgehead atoms. The second kappa shape index (κ2) is 8.56. The number of carbonyl (C=O) groups excluding carboxylic acids is 1. The molecule has 0 saturated heterocycles. The highest BCUT2D eigenvalue weighted by Crippen LogP contribution is 2.21.